The van der Waals surface area contributed by atoms with Crippen molar-refractivity contribution in [1.29, 1.82) is 0 Å². The average molecular weight is 509 g/mol. The first kappa shape index (κ1) is 23.7. The summed E-state index contributed by atoms with van der Waals surface area (Å²) in [5.41, 5.74) is 4.00. The molecule has 2 N–H and O–H groups in total. The summed E-state index contributed by atoms with van der Waals surface area (Å²) in [6.07, 6.45) is 0. The molecule has 0 spiro atoms. The zero-order valence-electron chi connectivity index (χ0n) is 17.9. The van der Waals surface area contributed by atoms with E-state index in [4.69, 9.17) is 5.11 Å². The van der Waals surface area contributed by atoms with Crippen molar-refractivity contribution < 1.29 is 14.7 Å². The molecule has 0 bridgehead atoms. The number of benzene rings is 3. The van der Waals surface area contributed by atoms with Crippen molar-refractivity contribution in [2.24, 2.45) is 0 Å². The predicted octanol–water partition coefficient (Wildman–Crippen LogP) is 2.34. The van der Waals surface area contributed by atoms with Crippen LogP contribution in [0.3, 0.4) is 0 Å². The van der Waals surface area contributed by atoms with Gasteiger partial charge in [0, 0.05) is 6.92 Å². The van der Waals surface area contributed by atoms with Gasteiger partial charge in [-0.25, -0.2) is 0 Å². The summed E-state index contributed by atoms with van der Waals surface area (Å²) in [7, 11) is 0. The minimum atomic E-state index is -2.06. The number of hydrogen-bond donors (Lipinski definition) is 2. The van der Waals surface area contributed by atoms with Crippen molar-refractivity contribution in [1.82, 2.24) is 5.32 Å². The molecule has 3 rings (SSSR count). The van der Waals surface area contributed by atoms with Crippen LogP contribution in [0.5, 0.6) is 0 Å². The van der Waals surface area contributed by atoms with Crippen LogP contribution in [0, 0.1) is 20.8 Å². The van der Waals surface area contributed by atoms with Crippen molar-refractivity contribution in [2.75, 3.05) is 6.54 Å². The Morgan fingerprint density at radius 3 is 1.20 bits per heavy atom. The molecule has 0 aromatic heterocycles. The van der Waals surface area contributed by atoms with E-state index in [1.54, 1.807) is 10.7 Å². The molecule has 30 heavy (non-hydrogen) atoms. The van der Waals surface area contributed by atoms with Gasteiger partial charge in [0.2, 0.25) is 5.91 Å². The van der Waals surface area contributed by atoms with Crippen molar-refractivity contribution >= 4 is 42.4 Å². The van der Waals surface area contributed by atoms with Gasteiger partial charge in [-0.15, -0.1) is 0 Å². The van der Waals surface area contributed by atoms with Crippen LogP contribution >= 0.6 is 0 Å². The fraction of sp³-hybridized carbons (Fsp3) is 0.200. The van der Waals surface area contributed by atoms with Crippen molar-refractivity contribution in [3.8, 4) is 0 Å². The molecule has 0 aliphatic rings. The number of aryl methyl sites for hydroxylation is 3. The van der Waals surface area contributed by atoms with E-state index in [2.05, 4.69) is 98.9 Å². The van der Waals surface area contributed by atoms with E-state index >= 15 is 0 Å². The predicted molar refractivity (Wildman–Crippen MR) is 125 cm³/mol. The number of carboxylic acids is 1. The summed E-state index contributed by atoms with van der Waals surface area (Å²) in [6, 6.07) is 27.5. The zero-order chi connectivity index (χ0) is 22.1. The van der Waals surface area contributed by atoms with Crippen molar-refractivity contribution in [3.63, 3.8) is 0 Å². The first-order valence-electron chi connectivity index (χ1n) is 9.80. The third-order valence-electron chi connectivity index (χ3n) is 4.51. The van der Waals surface area contributed by atoms with Crippen LogP contribution in [0.25, 0.3) is 0 Å². The quantitative estimate of drug-likeness (QED) is 0.520. The second-order valence-corrected chi connectivity index (χ2v) is 14.4. The topological polar surface area (TPSA) is 66.4 Å². The molecule has 0 unspecified atom stereocenters. The SMILES string of the molecule is CC(=O)NCC(=O)O.Cc1cc[c]([Sn]([c]2ccc(C)cc2)[c]2ccc(C)cc2)cc1. The zero-order valence-corrected chi connectivity index (χ0v) is 20.8. The normalized spacial score (nSPS) is 10.2. The van der Waals surface area contributed by atoms with E-state index in [-0.39, 0.29) is 12.5 Å². The Labute approximate surface area is 185 Å². The molecule has 3 aromatic rings. The van der Waals surface area contributed by atoms with Crippen LogP contribution in [0.1, 0.15) is 23.6 Å². The van der Waals surface area contributed by atoms with E-state index in [0.717, 1.165) is 0 Å². The fourth-order valence-electron chi connectivity index (χ4n) is 2.86. The van der Waals surface area contributed by atoms with Gasteiger partial charge in [0.25, 0.3) is 0 Å². The molecule has 5 heteroatoms. The van der Waals surface area contributed by atoms with E-state index in [9.17, 15) is 9.59 Å². The summed E-state index contributed by atoms with van der Waals surface area (Å²) in [6.45, 7) is 7.44. The Bertz CT molecular complexity index is 843. The summed E-state index contributed by atoms with van der Waals surface area (Å²) in [5, 5.41) is 10.1. The van der Waals surface area contributed by atoms with Crippen LogP contribution in [-0.4, -0.2) is 43.3 Å². The third-order valence-corrected chi connectivity index (χ3v) is 12.3. The number of nitrogens with one attached hydrogen (secondary N) is 1. The summed E-state index contributed by atoms with van der Waals surface area (Å²) < 4.78 is 4.63. The third kappa shape index (κ3) is 7.67. The Balaban J connectivity index is 0.000000343. The standard InChI is InChI=1S/3C7H7.C4H7NO3.Sn/c3*1-7-5-3-2-4-6-7;1-3(6)5-2-4(7)8;/h3*3-6H,1H3;2H2,1H3,(H,5,6)(H,7,8);. The van der Waals surface area contributed by atoms with Gasteiger partial charge in [0.15, 0.2) is 0 Å². The number of rotatable bonds is 5. The molecule has 155 valence electrons. The van der Waals surface area contributed by atoms with Gasteiger partial charge in [-0.1, -0.05) is 0 Å². The minimum absolute atomic E-state index is 0.296. The van der Waals surface area contributed by atoms with Crippen molar-refractivity contribution in [2.45, 2.75) is 27.7 Å². The summed E-state index contributed by atoms with van der Waals surface area (Å²) in [4.78, 5) is 19.7. The van der Waals surface area contributed by atoms with Gasteiger partial charge in [0.1, 0.15) is 6.54 Å². The summed E-state index contributed by atoms with van der Waals surface area (Å²) >= 11 is -2.06. The molecular formula is C25H28NO3Sn. The van der Waals surface area contributed by atoms with Crippen LogP contribution < -0.4 is 16.1 Å². The summed E-state index contributed by atoms with van der Waals surface area (Å²) in [5.74, 6) is -1.35. The van der Waals surface area contributed by atoms with E-state index in [1.807, 2.05) is 0 Å². The Hall–Kier alpha value is -2.60. The molecule has 0 aliphatic carbocycles. The van der Waals surface area contributed by atoms with E-state index in [1.165, 1.54) is 23.6 Å². The van der Waals surface area contributed by atoms with Crippen LogP contribution in [0.4, 0.5) is 0 Å². The van der Waals surface area contributed by atoms with E-state index < -0.39 is 25.7 Å². The molecule has 0 saturated carbocycles. The monoisotopic (exact) mass is 510 g/mol. The molecule has 0 heterocycles. The van der Waals surface area contributed by atoms with Gasteiger partial charge in [-0.3, -0.25) is 9.59 Å². The van der Waals surface area contributed by atoms with Crippen LogP contribution in [0.15, 0.2) is 72.8 Å². The molecular weight excluding hydrogens is 481 g/mol. The number of carboxylic acid groups (broad SMARTS) is 1. The Kier molecular flexibility index (Phi) is 9.11. The first-order valence-corrected chi connectivity index (χ1v) is 14.1. The molecule has 0 atom stereocenters. The van der Waals surface area contributed by atoms with Crippen LogP contribution in [-0.2, 0) is 9.59 Å². The second kappa shape index (κ2) is 11.5. The Morgan fingerprint density at radius 1 is 0.700 bits per heavy atom. The fourth-order valence-corrected chi connectivity index (χ4v) is 10.00. The van der Waals surface area contributed by atoms with Crippen LogP contribution in [0.2, 0.25) is 0 Å². The molecule has 1 amide bonds. The molecule has 1 radical (unpaired) electrons. The second-order valence-electron chi connectivity index (χ2n) is 7.28. The maximum absolute atomic E-state index is 9.97. The molecule has 3 aromatic carbocycles. The van der Waals surface area contributed by atoms with Gasteiger partial charge in [-0.2, -0.15) is 0 Å². The number of amides is 1. The van der Waals surface area contributed by atoms with E-state index in [0.29, 0.717) is 0 Å². The van der Waals surface area contributed by atoms with Gasteiger partial charge >= 0.3 is 147 Å². The molecule has 0 aliphatic heterocycles. The van der Waals surface area contributed by atoms with Gasteiger partial charge < -0.3 is 10.4 Å². The molecule has 0 saturated heterocycles. The molecule has 0 fully saturated rings. The average Bonchev–Trinajstić information content (AvgIpc) is 2.71. The van der Waals surface area contributed by atoms with Gasteiger partial charge in [0.05, 0.1) is 0 Å². The number of hydrogen-bond acceptors (Lipinski definition) is 2. The Morgan fingerprint density at radius 2 is 1.00 bits per heavy atom. The van der Waals surface area contributed by atoms with Gasteiger partial charge in [-0.05, 0) is 0 Å². The number of aliphatic carboxylic acids is 1. The number of carbonyl (C=O) groups is 2. The first-order chi connectivity index (χ1) is 14.3. The molecule has 4 nitrogen and oxygen atoms in total. The van der Waals surface area contributed by atoms with Crippen molar-refractivity contribution in [3.05, 3.63) is 89.5 Å². The maximum atomic E-state index is 9.97. The number of carbonyl (C=O) groups excluding carboxylic acids is 1.